The topological polar surface area (TPSA) is 30.2 Å². The van der Waals surface area contributed by atoms with Crippen molar-refractivity contribution in [1.29, 1.82) is 0 Å². The van der Waals surface area contributed by atoms with Gasteiger partial charge in [-0.3, -0.25) is 0 Å². The molecule has 78 valence electrons. The predicted molar refractivity (Wildman–Crippen MR) is 59.3 cm³/mol. The summed E-state index contributed by atoms with van der Waals surface area (Å²) >= 11 is 6.18. The summed E-state index contributed by atoms with van der Waals surface area (Å²) in [5.74, 6) is 1.51. The zero-order chi connectivity index (χ0) is 10.4. The van der Waals surface area contributed by atoms with Crippen LogP contribution in [0.3, 0.4) is 0 Å². The Morgan fingerprint density at radius 1 is 1.47 bits per heavy atom. The van der Waals surface area contributed by atoms with E-state index in [1.807, 2.05) is 19.2 Å². The highest BCUT2D eigenvalue weighted by Gasteiger charge is 2.24. The van der Waals surface area contributed by atoms with Crippen molar-refractivity contribution in [2.45, 2.75) is 32.1 Å². The van der Waals surface area contributed by atoms with Crippen molar-refractivity contribution < 1.29 is 0 Å². The average molecular weight is 222 g/mol. The number of hydrogen-bond acceptors (Lipinski definition) is 2. The number of nitrogens with zero attached hydrogens (tertiary/aromatic N) is 3. The summed E-state index contributed by atoms with van der Waals surface area (Å²) in [4.78, 5) is 4.51. The van der Waals surface area contributed by atoms with Crippen molar-refractivity contribution in [3.63, 3.8) is 0 Å². The lowest BCUT2D eigenvalue weighted by Crippen LogP contribution is -2.10. The number of hydrogen-bond donors (Lipinski definition) is 0. The van der Waals surface area contributed by atoms with Gasteiger partial charge in [-0.05, 0) is 31.4 Å². The van der Waals surface area contributed by atoms with E-state index in [2.05, 4.69) is 10.1 Å². The number of rotatable bonds is 1. The van der Waals surface area contributed by atoms with Crippen LogP contribution in [0.4, 0.5) is 0 Å². The van der Waals surface area contributed by atoms with Crippen LogP contribution in [-0.2, 0) is 0 Å². The first-order valence-electron chi connectivity index (χ1n) is 5.27. The van der Waals surface area contributed by atoms with Crippen molar-refractivity contribution >= 4 is 17.2 Å². The third kappa shape index (κ3) is 1.34. The van der Waals surface area contributed by atoms with Gasteiger partial charge in [-0.15, -0.1) is 0 Å². The highest BCUT2D eigenvalue weighted by atomic mass is 35.5. The van der Waals surface area contributed by atoms with Gasteiger partial charge in [-0.2, -0.15) is 5.10 Å². The fourth-order valence-corrected chi connectivity index (χ4v) is 2.06. The van der Waals surface area contributed by atoms with E-state index in [1.165, 1.54) is 19.3 Å². The van der Waals surface area contributed by atoms with Crippen LogP contribution < -0.4 is 0 Å². The largest absolute Gasteiger partial charge is 0.219 e. The van der Waals surface area contributed by atoms with Gasteiger partial charge in [0.15, 0.2) is 11.5 Å². The summed E-state index contributed by atoms with van der Waals surface area (Å²) in [5.41, 5.74) is 1.84. The molecule has 0 aliphatic heterocycles. The summed E-state index contributed by atoms with van der Waals surface area (Å²) in [5, 5.41) is 5.18. The Labute approximate surface area is 93.1 Å². The SMILES string of the molecule is Cc1ccn2nc(C3CCC3)nc2c1Cl. The number of halogens is 1. The third-order valence-corrected chi connectivity index (χ3v) is 3.59. The molecular weight excluding hydrogens is 210 g/mol. The second-order valence-electron chi connectivity index (χ2n) is 4.18. The van der Waals surface area contributed by atoms with Gasteiger partial charge >= 0.3 is 0 Å². The fraction of sp³-hybridized carbons (Fsp3) is 0.455. The first-order valence-corrected chi connectivity index (χ1v) is 5.65. The van der Waals surface area contributed by atoms with Crippen LogP contribution in [0.15, 0.2) is 12.3 Å². The van der Waals surface area contributed by atoms with Crippen LogP contribution >= 0.6 is 11.6 Å². The fourth-order valence-electron chi connectivity index (χ4n) is 1.86. The molecule has 0 amide bonds. The quantitative estimate of drug-likeness (QED) is 0.741. The van der Waals surface area contributed by atoms with E-state index in [9.17, 15) is 0 Å². The number of aryl methyl sites for hydroxylation is 1. The molecule has 3 rings (SSSR count). The van der Waals surface area contributed by atoms with E-state index in [-0.39, 0.29) is 0 Å². The van der Waals surface area contributed by atoms with Crippen molar-refractivity contribution in [2.24, 2.45) is 0 Å². The molecule has 4 heteroatoms. The van der Waals surface area contributed by atoms with E-state index in [4.69, 9.17) is 11.6 Å². The summed E-state index contributed by atoms with van der Waals surface area (Å²) in [6, 6.07) is 1.97. The maximum atomic E-state index is 6.18. The van der Waals surface area contributed by atoms with Gasteiger partial charge in [-0.25, -0.2) is 9.50 Å². The zero-order valence-corrected chi connectivity index (χ0v) is 9.33. The molecule has 1 aliphatic carbocycles. The number of aromatic nitrogens is 3. The van der Waals surface area contributed by atoms with Crippen LogP contribution in [-0.4, -0.2) is 14.6 Å². The molecule has 0 radical (unpaired) electrons. The van der Waals surface area contributed by atoms with E-state index >= 15 is 0 Å². The van der Waals surface area contributed by atoms with Crippen molar-refractivity contribution in [3.8, 4) is 0 Å². The van der Waals surface area contributed by atoms with Gasteiger partial charge in [0, 0.05) is 12.1 Å². The van der Waals surface area contributed by atoms with Gasteiger partial charge in [-0.1, -0.05) is 18.0 Å². The Morgan fingerprint density at radius 2 is 2.27 bits per heavy atom. The molecule has 0 bridgehead atoms. The first kappa shape index (κ1) is 9.16. The monoisotopic (exact) mass is 221 g/mol. The molecule has 1 aliphatic rings. The maximum Gasteiger partial charge on any atom is 0.174 e. The summed E-state index contributed by atoms with van der Waals surface area (Å²) in [6.45, 7) is 1.99. The van der Waals surface area contributed by atoms with Gasteiger partial charge in [0.25, 0.3) is 0 Å². The van der Waals surface area contributed by atoms with Gasteiger partial charge in [0.05, 0.1) is 5.02 Å². The number of pyridine rings is 1. The van der Waals surface area contributed by atoms with E-state index < -0.39 is 0 Å². The van der Waals surface area contributed by atoms with Crippen molar-refractivity contribution in [3.05, 3.63) is 28.7 Å². The second-order valence-corrected chi connectivity index (χ2v) is 4.56. The molecule has 1 saturated carbocycles. The van der Waals surface area contributed by atoms with Crippen molar-refractivity contribution in [1.82, 2.24) is 14.6 Å². The Kier molecular flexibility index (Phi) is 1.96. The molecule has 2 aromatic heterocycles. The van der Waals surface area contributed by atoms with Gasteiger partial charge in [0.2, 0.25) is 0 Å². The smallest absolute Gasteiger partial charge is 0.174 e. The molecule has 0 saturated heterocycles. The van der Waals surface area contributed by atoms with E-state index in [0.29, 0.717) is 5.92 Å². The molecule has 0 N–H and O–H groups in total. The molecule has 3 nitrogen and oxygen atoms in total. The summed E-state index contributed by atoms with van der Waals surface area (Å²) in [7, 11) is 0. The maximum absolute atomic E-state index is 6.18. The molecule has 15 heavy (non-hydrogen) atoms. The molecule has 2 aromatic rings. The number of fused-ring (bicyclic) bond motifs is 1. The minimum absolute atomic E-state index is 0.557. The van der Waals surface area contributed by atoms with Crippen molar-refractivity contribution in [2.75, 3.05) is 0 Å². The highest BCUT2D eigenvalue weighted by molar-refractivity contribution is 6.34. The zero-order valence-electron chi connectivity index (χ0n) is 8.57. The summed E-state index contributed by atoms with van der Waals surface area (Å²) in [6.07, 6.45) is 5.65. The Morgan fingerprint density at radius 3 is 2.93 bits per heavy atom. The normalized spacial score (nSPS) is 16.9. The first-order chi connectivity index (χ1) is 7.25. The molecule has 0 unspecified atom stereocenters. The Hall–Kier alpha value is -1.09. The lowest BCUT2D eigenvalue weighted by Gasteiger charge is -2.21. The van der Waals surface area contributed by atoms with Gasteiger partial charge < -0.3 is 0 Å². The van der Waals surface area contributed by atoms with Crippen LogP contribution in [0.25, 0.3) is 5.65 Å². The van der Waals surface area contributed by atoms with Crippen LogP contribution in [0.5, 0.6) is 0 Å². The molecule has 0 atom stereocenters. The third-order valence-electron chi connectivity index (χ3n) is 3.13. The minimum atomic E-state index is 0.557. The lowest BCUT2D eigenvalue weighted by molar-refractivity contribution is 0.402. The lowest BCUT2D eigenvalue weighted by atomic mass is 9.85. The van der Waals surface area contributed by atoms with Gasteiger partial charge in [0.1, 0.15) is 0 Å². The van der Waals surface area contributed by atoms with E-state index in [0.717, 1.165) is 22.1 Å². The highest BCUT2D eigenvalue weighted by Crippen LogP contribution is 2.35. The molecule has 0 spiro atoms. The van der Waals surface area contributed by atoms with Crippen LogP contribution in [0.1, 0.15) is 36.6 Å². The van der Waals surface area contributed by atoms with E-state index in [1.54, 1.807) is 4.52 Å². The standard InChI is InChI=1S/C11H12ClN3/c1-7-5-6-15-11(9(7)12)13-10(14-15)8-3-2-4-8/h5-6,8H,2-4H2,1H3. The predicted octanol–water partition coefficient (Wildman–Crippen LogP) is 2.96. The Balaban J connectivity index is 2.16. The van der Waals surface area contributed by atoms with Crippen LogP contribution in [0, 0.1) is 6.92 Å². The Bertz CT molecular complexity index is 514. The minimum Gasteiger partial charge on any atom is -0.219 e. The summed E-state index contributed by atoms with van der Waals surface area (Å²) < 4.78 is 1.78. The second kappa shape index (κ2) is 3.20. The average Bonchev–Trinajstić information content (AvgIpc) is 2.53. The van der Waals surface area contributed by atoms with Crippen LogP contribution in [0.2, 0.25) is 5.02 Å². The molecule has 0 aromatic carbocycles. The molecular formula is C11H12ClN3. The molecule has 1 fully saturated rings. The molecule has 2 heterocycles.